The van der Waals surface area contributed by atoms with Crippen LogP contribution in [0.25, 0.3) is 0 Å². The number of hydrogen-bond donors (Lipinski definition) is 1. The van der Waals surface area contributed by atoms with Gasteiger partial charge < -0.3 is 5.11 Å². The van der Waals surface area contributed by atoms with Crippen molar-refractivity contribution in [3.05, 3.63) is 0 Å². The molecule has 0 aromatic carbocycles. The maximum Gasteiger partial charge on any atom is 0.0573 e. The highest BCUT2D eigenvalue weighted by Gasteiger charge is 2.65. The van der Waals surface area contributed by atoms with Crippen LogP contribution in [0.1, 0.15) is 66.2 Å². The van der Waals surface area contributed by atoms with Crippen LogP contribution >= 0.6 is 0 Å². The van der Waals surface area contributed by atoms with Gasteiger partial charge in [-0.15, -0.1) is 0 Å². The minimum Gasteiger partial charge on any atom is -0.393 e. The van der Waals surface area contributed by atoms with E-state index in [0.29, 0.717) is 16.7 Å². The third kappa shape index (κ3) is 1.49. The molecule has 3 rings (SSSR count). The predicted molar refractivity (Wildman–Crippen MR) is 75.2 cm³/mol. The lowest BCUT2D eigenvalue weighted by Crippen LogP contribution is -2.41. The average molecular weight is 250 g/mol. The van der Waals surface area contributed by atoms with Crippen molar-refractivity contribution in [1.29, 1.82) is 0 Å². The smallest absolute Gasteiger partial charge is 0.0573 e. The lowest BCUT2D eigenvalue weighted by Gasteiger charge is -2.44. The van der Waals surface area contributed by atoms with Gasteiger partial charge in [0.2, 0.25) is 0 Å². The van der Waals surface area contributed by atoms with Crippen LogP contribution in [0.3, 0.4) is 0 Å². The number of rotatable bonds is 2. The Kier molecular flexibility index (Phi) is 2.86. The second-order valence-electron chi connectivity index (χ2n) is 8.22. The number of hydrogen-bond acceptors (Lipinski definition) is 1. The van der Waals surface area contributed by atoms with Crippen LogP contribution in [-0.4, -0.2) is 11.2 Å². The summed E-state index contributed by atoms with van der Waals surface area (Å²) in [7, 11) is 0. The molecule has 0 heterocycles. The van der Waals surface area contributed by atoms with Crippen molar-refractivity contribution in [2.45, 2.75) is 72.3 Å². The monoisotopic (exact) mass is 250 g/mol. The van der Waals surface area contributed by atoms with Crippen molar-refractivity contribution in [2.24, 2.45) is 34.5 Å². The van der Waals surface area contributed by atoms with Crippen molar-refractivity contribution in [3.63, 3.8) is 0 Å². The van der Waals surface area contributed by atoms with Gasteiger partial charge in [0.25, 0.3) is 0 Å². The van der Waals surface area contributed by atoms with Crippen LogP contribution in [0.4, 0.5) is 0 Å². The van der Waals surface area contributed by atoms with E-state index in [-0.39, 0.29) is 6.10 Å². The number of aliphatic hydroxyl groups is 1. The molecule has 0 aliphatic heterocycles. The van der Waals surface area contributed by atoms with Crippen LogP contribution < -0.4 is 0 Å². The maximum atomic E-state index is 10.6. The van der Waals surface area contributed by atoms with Gasteiger partial charge in [-0.1, -0.05) is 34.1 Å². The molecule has 0 amide bonds. The number of aliphatic hydroxyl groups excluding tert-OH is 1. The van der Waals surface area contributed by atoms with Crippen LogP contribution in [0.2, 0.25) is 0 Å². The quantitative estimate of drug-likeness (QED) is 0.777. The highest BCUT2D eigenvalue weighted by atomic mass is 16.3. The first-order valence-corrected chi connectivity index (χ1v) is 8.10. The van der Waals surface area contributed by atoms with E-state index in [9.17, 15) is 5.11 Å². The SMILES string of the molecule is CC[C@H](O)[C@H]1[C@H]2CC[C@@H]3[C@@H]2C(C)(C)CCC[C@]13C. The Bertz CT molecular complexity index is 335. The summed E-state index contributed by atoms with van der Waals surface area (Å²) in [4.78, 5) is 0. The molecule has 0 aromatic rings. The molecule has 3 aliphatic carbocycles. The van der Waals surface area contributed by atoms with E-state index < -0.39 is 0 Å². The third-order valence-electron chi connectivity index (χ3n) is 7.05. The summed E-state index contributed by atoms with van der Waals surface area (Å²) >= 11 is 0. The Hall–Kier alpha value is -0.0400. The van der Waals surface area contributed by atoms with E-state index in [0.717, 1.165) is 24.2 Å². The topological polar surface area (TPSA) is 20.2 Å². The second kappa shape index (κ2) is 3.98. The molecule has 18 heavy (non-hydrogen) atoms. The highest BCUT2D eigenvalue weighted by Crippen LogP contribution is 2.71. The second-order valence-corrected chi connectivity index (χ2v) is 8.22. The first-order chi connectivity index (χ1) is 8.42. The van der Waals surface area contributed by atoms with E-state index in [1.165, 1.54) is 32.1 Å². The minimum atomic E-state index is -0.0540. The van der Waals surface area contributed by atoms with Gasteiger partial charge in [0.15, 0.2) is 0 Å². The third-order valence-corrected chi connectivity index (χ3v) is 7.05. The molecule has 0 saturated heterocycles. The summed E-state index contributed by atoms with van der Waals surface area (Å²) in [6.45, 7) is 9.66. The van der Waals surface area contributed by atoms with Gasteiger partial charge >= 0.3 is 0 Å². The minimum absolute atomic E-state index is 0.0540. The van der Waals surface area contributed by atoms with Gasteiger partial charge in [-0.3, -0.25) is 0 Å². The molecule has 4 bridgehead atoms. The van der Waals surface area contributed by atoms with Gasteiger partial charge in [-0.05, 0) is 66.6 Å². The highest BCUT2D eigenvalue weighted by molar-refractivity contribution is 5.14. The molecule has 6 atom stereocenters. The van der Waals surface area contributed by atoms with Crippen molar-refractivity contribution < 1.29 is 5.11 Å². The zero-order valence-electron chi connectivity index (χ0n) is 12.6. The van der Waals surface area contributed by atoms with E-state index in [1.54, 1.807) is 0 Å². The van der Waals surface area contributed by atoms with Crippen LogP contribution in [0.15, 0.2) is 0 Å². The fourth-order valence-electron chi connectivity index (χ4n) is 6.46. The Balaban J connectivity index is 2.02. The zero-order chi connectivity index (χ0) is 13.1. The molecule has 0 aromatic heterocycles. The Labute approximate surface area is 112 Å². The van der Waals surface area contributed by atoms with Crippen molar-refractivity contribution >= 4 is 0 Å². The molecular formula is C17H30O. The van der Waals surface area contributed by atoms with Gasteiger partial charge in [0.05, 0.1) is 6.10 Å². The molecule has 0 radical (unpaired) electrons. The van der Waals surface area contributed by atoms with E-state index in [1.807, 2.05) is 0 Å². The first-order valence-electron chi connectivity index (χ1n) is 8.10. The molecule has 3 aliphatic rings. The van der Waals surface area contributed by atoms with Crippen LogP contribution in [-0.2, 0) is 0 Å². The largest absolute Gasteiger partial charge is 0.393 e. The van der Waals surface area contributed by atoms with Gasteiger partial charge in [-0.25, -0.2) is 0 Å². The lowest BCUT2D eigenvalue weighted by atomic mass is 9.62. The van der Waals surface area contributed by atoms with Gasteiger partial charge in [0, 0.05) is 0 Å². The molecule has 3 saturated carbocycles. The molecular weight excluding hydrogens is 220 g/mol. The lowest BCUT2D eigenvalue weighted by molar-refractivity contribution is -0.0226. The predicted octanol–water partition coefficient (Wildman–Crippen LogP) is 4.25. The first kappa shape index (κ1) is 13.0. The van der Waals surface area contributed by atoms with Gasteiger partial charge in [0.1, 0.15) is 0 Å². The van der Waals surface area contributed by atoms with Crippen molar-refractivity contribution in [2.75, 3.05) is 0 Å². The summed E-state index contributed by atoms with van der Waals surface area (Å²) in [5.41, 5.74) is 0.947. The average Bonchev–Trinajstić information content (AvgIpc) is 2.79. The Morgan fingerprint density at radius 1 is 1.17 bits per heavy atom. The maximum absolute atomic E-state index is 10.6. The molecule has 1 nitrogen and oxygen atoms in total. The van der Waals surface area contributed by atoms with Crippen molar-refractivity contribution in [1.82, 2.24) is 0 Å². The molecule has 1 heteroatoms. The van der Waals surface area contributed by atoms with E-state index in [2.05, 4.69) is 27.7 Å². The molecule has 0 spiro atoms. The fourth-order valence-corrected chi connectivity index (χ4v) is 6.46. The van der Waals surface area contributed by atoms with Gasteiger partial charge in [-0.2, -0.15) is 0 Å². The van der Waals surface area contributed by atoms with E-state index in [4.69, 9.17) is 0 Å². The molecule has 0 unspecified atom stereocenters. The Morgan fingerprint density at radius 2 is 1.89 bits per heavy atom. The van der Waals surface area contributed by atoms with Crippen LogP contribution in [0.5, 0.6) is 0 Å². The standard InChI is InChI=1S/C17H30O/c1-5-13(18)15-11-7-8-12-14(11)16(2,3)9-6-10-17(12,15)4/h11-15,18H,5-10H2,1-4H3/t11-,12+,13-,14+,15+,17-/m0/s1. The molecule has 3 fully saturated rings. The summed E-state index contributed by atoms with van der Waals surface area (Å²) in [6.07, 6.45) is 7.83. The summed E-state index contributed by atoms with van der Waals surface area (Å²) in [5.74, 6) is 3.18. The van der Waals surface area contributed by atoms with Crippen molar-refractivity contribution in [3.8, 4) is 0 Å². The van der Waals surface area contributed by atoms with E-state index >= 15 is 0 Å². The summed E-state index contributed by atoms with van der Waals surface area (Å²) in [5, 5.41) is 10.6. The Morgan fingerprint density at radius 3 is 2.56 bits per heavy atom. The molecule has 1 N–H and O–H groups in total. The summed E-state index contributed by atoms with van der Waals surface area (Å²) in [6, 6.07) is 0. The van der Waals surface area contributed by atoms with Crippen LogP contribution in [0, 0.1) is 34.5 Å². The normalized spacial score (nSPS) is 51.2. The summed E-state index contributed by atoms with van der Waals surface area (Å²) < 4.78 is 0. The fraction of sp³-hybridized carbons (Fsp3) is 1.00. The molecule has 104 valence electrons. The zero-order valence-corrected chi connectivity index (χ0v) is 12.6.